The molecule has 0 fully saturated rings. The Kier molecular flexibility index (Phi) is 7.75. The van der Waals surface area contributed by atoms with E-state index >= 15 is 0 Å². The van der Waals surface area contributed by atoms with E-state index in [9.17, 15) is 9.59 Å². The number of aromatic nitrogens is 1. The summed E-state index contributed by atoms with van der Waals surface area (Å²) in [6.45, 7) is 7.69. The van der Waals surface area contributed by atoms with E-state index in [1.807, 2.05) is 51.3 Å². The van der Waals surface area contributed by atoms with Crippen molar-refractivity contribution in [1.29, 1.82) is 0 Å². The Morgan fingerprint density at radius 1 is 1.13 bits per heavy atom. The Balaban J connectivity index is 1.70. The fourth-order valence-corrected chi connectivity index (χ4v) is 5.06. The van der Waals surface area contributed by atoms with Gasteiger partial charge in [0.05, 0.1) is 10.6 Å². The molecule has 2 aromatic carbocycles. The minimum absolute atomic E-state index is 0.102. The lowest BCUT2D eigenvalue weighted by Gasteiger charge is -2.22. The lowest BCUT2D eigenvalue weighted by molar-refractivity contribution is -0.118. The number of hydrogen-bond acceptors (Lipinski definition) is 5. The molecule has 5 nitrogen and oxygen atoms in total. The molecule has 2 amide bonds. The van der Waals surface area contributed by atoms with Crippen LogP contribution in [-0.2, 0) is 4.79 Å². The Morgan fingerprint density at radius 2 is 1.87 bits per heavy atom. The van der Waals surface area contributed by atoms with Gasteiger partial charge in [-0.05, 0) is 55.7 Å². The number of thiazole rings is 1. The molecular weight excluding hydrogens is 450 g/mol. The molecule has 0 radical (unpaired) electrons. The zero-order valence-electron chi connectivity index (χ0n) is 17.7. The monoisotopic (exact) mass is 473 g/mol. The molecule has 0 aliphatic heterocycles. The molecule has 1 aromatic heterocycles. The van der Waals surface area contributed by atoms with Gasteiger partial charge >= 0.3 is 0 Å². The van der Waals surface area contributed by atoms with Crippen molar-refractivity contribution < 1.29 is 9.59 Å². The van der Waals surface area contributed by atoms with Gasteiger partial charge in [0.1, 0.15) is 6.04 Å². The first-order valence-electron chi connectivity index (χ1n) is 9.81. The number of carbonyl (C=O) groups excluding carboxylic acids is 2. The number of anilines is 1. The molecule has 8 heteroatoms. The number of aryl methyl sites for hydroxylation is 2. The SMILES string of the molecule is Cc1csc(Sc2ccc(NC(=O)C(NC(=O)c3ccccc3Cl)C(C)C)c(C)c2)n1. The average molecular weight is 474 g/mol. The van der Waals surface area contributed by atoms with Crippen molar-refractivity contribution in [2.24, 2.45) is 5.92 Å². The third-order valence-electron chi connectivity index (χ3n) is 4.61. The van der Waals surface area contributed by atoms with Crippen LogP contribution >= 0.6 is 34.7 Å². The molecular formula is C23H24ClN3O2S2. The molecule has 0 spiro atoms. The smallest absolute Gasteiger partial charge is 0.253 e. The summed E-state index contributed by atoms with van der Waals surface area (Å²) in [7, 11) is 0. The first-order valence-corrected chi connectivity index (χ1v) is 11.9. The maximum atomic E-state index is 13.0. The second-order valence-corrected chi connectivity index (χ2v) is 10.1. The van der Waals surface area contributed by atoms with Gasteiger partial charge in [-0.25, -0.2) is 4.98 Å². The van der Waals surface area contributed by atoms with Gasteiger partial charge in [0, 0.05) is 21.7 Å². The van der Waals surface area contributed by atoms with Crippen LogP contribution in [0.4, 0.5) is 5.69 Å². The van der Waals surface area contributed by atoms with Crippen LogP contribution in [0.2, 0.25) is 5.02 Å². The van der Waals surface area contributed by atoms with Gasteiger partial charge in [-0.3, -0.25) is 9.59 Å². The Morgan fingerprint density at radius 3 is 2.48 bits per heavy atom. The molecule has 1 atom stereocenters. The van der Waals surface area contributed by atoms with Gasteiger partial charge in [0.25, 0.3) is 5.91 Å². The quantitative estimate of drug-likeness (QED) is 0.444. The molecule has 2 N–H and O–H groups in total. The first-order chi connectivity index (χ1) is 14.7. The average Bonchev–Trinajstić information content (AvgIpc) is 3.12. The molecule has 0 saturated carbocycles. The number of benzene rings is 2. The van der Waals surface area contributed by atoms with Gasteiger partial charge in [0.15, 0.2) is 4.34 Å². The fraction of sp³-hybridized carbons (Fsp3) is 0.261. The summed E-state index contributed by atoms with van der Waals surface area (Å²) in [5.41, 5.74) is 3.00. The van der Waals surface area contributed by atoms with Crippen LogP contribution in [0.3, 0.4) is 0 Å². The fourth-order valence-electron chi connectivity index (χ4n) is 2.93. The van der Waals surface area contributed by atoms with Crippen molar-refractivity contribution in [1.82, 2.24) is 10.3 Å². The van der Waals surface area contributed by atoms with Crippen molar-refractivity contribution in [3.05, 3.63) is 69.7 Å². The van der Waals surface area contributed by atoms with Crippen LogP contribution in [0, 0.1) is 19.8 Å². The summed E-state index contributed by atoms with van der Waals surface area (Å²) >= 11 is 9.32. The molecule has 162 valence electrons. The van der Waals surface area contributed by atoms with Crippen molar-refractivity contribution in [3.8, 4) is 0 Å². The zero-order valence-corrected chi connectivity index (χ0v) is 20.1. The highest BCUT2D eigenvalue weighted by Crippen LogP contribution is 2.32. The van der Waals surface area contributed by atoms with E-state index in [0.717, 1.165) is 20.5 Å². The standard InChI is InChI=1S/C23H24ClN3O2S2/c1-13(2)20(27-21(28)17-7-5-6-8-18(17)24)22(29)26-19-10-9-16(11-14(19)3)31-23-25-15(4)12-30-23/h5-13,20H,1-4H3,(H,26,29)(H,27,28). The van der Waals surface area contributed by atoms with Crippen LogP contribution in [0.5, 0.6) is 0 Å². The first kappa shape index (κ1) is 23.3. The largest absolute Gasteiger partial charge is 0.340 e. The van der Waals surface area contributed by atoms with Crippen LogP contribution < -0.4 is 10.6 Å². The molecule has 31 heavy (non-hydrogen) atoms. The van der Waals surface area contributed by atoms with E-state index in [1.165, 1.54) is 0 Å². The van der Waals surface area contributed by atoms with E-state index in [2.05, 4.69) is 15.6 Å². The van der Waals surface area contributed by atoms with Gasteiger partial charge in [-0.2, -0.15) is 0 Å². The van der Waals surface area contributed by atoms with Crippen molar-refractivity contribution in [3.63, 3.8) is 0 Å². The van der Waals surface area contributed by atoms with Gasteiger partial charge < -0.3 is 10.6 Å². The summed E-state index contributed by atoms with van der Waals surface area (Å²) in [5.74, 6) is -0.745. The van der Waals surface area contributed by atoms with Gasteiger partial charge in [-0.15, -0.1) is 11.3 Å². The summed E-state index contributed by atoms with van der Waals surface area (Å²) in [5, 5.41) is 8.13. The van der Waals surface area contributed by atoms with Gasteiger partial charge in [-0.1, -0.05) is 49.3 Å². The molecule has 0 aliphatic carbocycles. The third-order valence-corrected chi connectivity index (χ3v) is 6.99. The summed E-state index contributed by atoms with van der Waals surface area (Å²) in [4.78, 5) is 31.1. The summed E-state index contributed by atoms with van der Waals surface area (Å²) < 4.78 is 0.982. The molecule has 0 saturated heterocycles. The molecule has 0 bridgehead atoms. The number of rotatable bonds is 7. The second kappa shape index (κ2) is 10.3. The van der Waals surface area contributed by atoms with E-state index in [4.69, 9.17) is 11.6 Å². The van der Waals surface area contributed by atoms with Crippen LogP contribution in [-0.4, -0.2) is 22.8 Å². The van der Waals surface area contributed by atoms with E-state index < -0.39 is 6.04 Å². The summed E-state index contributed by atoms with van der Waals surface area (Å²) in [6.07, 6.45) is 0. The highest BCUT2D eigenvalue weighted by Gasteiger charge is 2.26. The Hall–Kier alpha value is -2.35. The minimum Gasteiger partial charge on any atom is -0.340 e. The zero-order chi connectivity index (χ0) is 22.5. The number of nitrogens with one attached hydrogen (secondary N) is 2. The Bertz CT molecular complexity index is 1100. The molecule has 3 aromatic rings. The van der Waals surface area contributed by atoms with Crippen LogP contribution in [0.1, 0.15) is 35.5 Å². The third kappa shape index (κ3) is 6.09. The molecule has 1 heterocycles. The maximum Gasteiger partial charge on any atom is 0.253 e. The van der Waals surface area contributed by atoms with Crippen LogP contribution in [0.25, 0.3) is 0 Å². The Labute approximate surface area is 195 Å². The topological polar surface area (TPSA) is 71.1 Å². The predicted octanol–water partition coefficient (Wildman–Crippen LogP) is 5.96. The van der Waals surface area contributed by atoms with E-state index in [1.54, 1.807) is 47.4 Å². The van der Waals surface area contributed by atoms with Crippen molar-refractivity contribution >= 4 is 52.2 Å². The molecule has 1 unspecified atom stereocenters. The number of halogens is 1. The van der Waals surface area contributed by atoms with Gasteiger partial charge in [0.2, 0.25) is 5.91 Å². The van der Waals surface area contributed by atoms with Crippen molar-refractivity contribution in [2.45, 2.75) is 43.0 Å². The predicted molar refractivity (Wildman–Crippen MR) is 128 cm³/mol. The number of carbonyl (C=O) groups is 2. The number of nitrogens with zero attached hydrogens (tertiary/aromatic N) is 1. The highest BCUT2D eigenvalue weighted by molar-refractivity contribution is 8.01. The minimum atomic E-state index is -0.699. The van der Waals surface area contributed by atoms with Crippen molar-refractivity contribution in [2.75, 3.05) is 5.32 Å². The number of hydrogen-bond donors (Lipinski definition) is 2. The van der Waals surface area contributed by atoms with E-state index in [0.29, 0.717) is 16.3 Å². The normalized spacial score (nSPS) is 11.9. The summed E-state index contributed by atoms with van der Waals surface area (Å²) in [6, 6.07) is 11.9. The highest BCUT2D eigenvalue weighted by atomic mass is 35.5. The number of amides is 2. The van der Waals surface area contributed by atoms with Crippen LogP contribution in [0.15, 0.2) is 57.1 Å². The maximum absolute atomic E-state index is 13.0. The molecule has 0 aliphatic rings. The lowest BCUT2D eigenvalue weighted by Crippen LogP contribution is -2.47. The lowest BCUT2D eigenvalue weighted by atomic mass is 10.0. The van der Waals surface area contributed by atoms with E-state index in [-0.39, 0.29) is 17.7 Å². The molecule has 3 rings (SSSR count). The second-order valence-electron chi connectivity index (χ2n) is 7.50.